The summed E-state index contributed by atoms with van der Waals surface area (Å²) in [4.78, 5) is 25.7. The van der Waals surface area contributed by atoms with E-state index in [1.165, 1.54) is 0 Å². The number of amides is 1. The Kier molecular flexibility index (Phi) is 4.52. The number of rotatable bonds is 4. The fourth-order valence-corrected chi connectivity index (χ4v) is 4.45. The van der Waals surface area contributed by atoms with Gasteiger partial charge in [0.1, 0.15) is 6.04 Å². The monoisotopic (exact) mass is 365 g/mol. The molecule has 3 unspecified atom stereocenters. The molecule has 2 aliphatic rings. The molecule has 0 radical (unpaired) electrons. The van der Waals surface area contributed by atoms with Crippen LogP contribution < -0.4 is 0 Å². The van der Waals surface area contributed by atoms with E-state index in [0.717, 1.165) is 29.3 Å². The second-order valence-corrected chi connectivity index (χ2v) is 7.13. The maximum absolute atomic E-state index is 12.5. The van der Waals surface area contributed by atoms with E-state index < -0.39 is 12.0 Å². The second kappa shape index (κ2) is 6.41. The Morgan fingerprint density at radius 2 is 2.05 bits per heavy atom. The number of aryl methyl sites for hydroxylation is 1. The minimum absolute atomic E-state index is 0.0300. The first kappa shape index (κ1) is 15.5. The van der Waals surface area contributed by atoms with Crippen molar-refractivity contribution in [1.29, 1.82) is 0 Å². The number of carboxylic acid groups (broad SMARTS) is 1. The zero-order valence-electron chi connectivity index (χ0n) is 12.4. The predicted octanol–water partition coefficient (Wildman–Crippen LogP) is 3.09. The molecule has 1 N–H and O–H groups in total. The molecular weight excluding hydrogens is 346 g/mol. The van der Waals surface area contributed by atoms with E-state index in [0.29, 0.717) is 25.3 Å². The molecule has 1 amide bonds. The number of carbonyl (C=O) groups excluding carboxylic acids is 1. The molecule has 1 aliphatic heterocycles. The van der Waals surface area contributed by atoms with Crippen LogP contribution in [0.1, 0.15) is 31.2 Å². The highest BCUT2D eigenvalue weighted by molar-refractivity contribution is 9.10. The molecule has 0 spiro atoms. The van der Waals surface area contributed by atoms with Gasteiger partial charge in [-0.2, -0.15) is 0 Å². The molecule has 0 aromatic heterocycles. The van der Waals surface area contributed by atoms with E-state index >= 15 is 0 Å². The second-order valence-electron chi connectivity index (χ2n) is 6.28. The van der Waals surface area contributed by atoms with Crippen LogP contribution in [0.25, 0.3) is 0 Å². The van der Waals surface area contributed by atoms with Crippen molar-refractivity contribution in [2.45, 2.75) is 38.1 Å². The molecule has 3 atom stereocenters. The first-order chi connectivity index (χ1) is 10.6. The molecule has 0 bridgehead atoms. The quantitative estimate of drug-likeness (QED) is 0.891. The van der Waals surface area contributed by atoms with Gasteiger partial charge in [-0.1, -0.05) is 40.5 Å². The highest BCUT2D eigenvalue weighted by atomic mass is 79.9. The normalized spacial score (nSPS) is 27.0. The van der Waals surface area contributed by atoms with Gasteiger partial charge in [0.25, 0.3) is 0 Å². The Morgan fingerprint density at radius 3 is 2.77 bits per heavy atom. The average molecular weight is 366 g/mol. The van der Waals surface area contributed by atoms with E-state index in [4.69, 9.17) is 0 Å². The minimum atomic E-state index is -0.844. The SMILES string of the molecule is O=C(O)C1C2CCCC2CN1C(=O)CCc1ccccc1Br. The summed E-state index contributed by atoms with van der Waals surface area (Å²) < 4.78 is 0.996. The molecule has 4 nitrogen and oxygen atoms in total. The van der Waals surface area contributed by atoms with Crippen LogP contribution in [0.3, 0.4) is 0 Å². The first-order valence-corrected chi connectivity index (χ1v) is 8.63. The number of aliphatic carboxylic acids is 1. The molecule has 1 aromatic carbocycles. The summed E-state index contributed by atoms with van der Waals surface area (Å²) in [6.45, 7) is 0.621. The van der Waals surface area contributed by atoms with Crippen molar-refractivity contribution in [3.63, 3.8) is 0 Å². The molecule has 3 rings (SSSR count). The van der Waals surface area contributed by atoms with Crippen molar-refractivity contribution in [2.75, 3.05) is 6.54 Å². The van der Waals surface area contributed by atoms with Crippen LogP contribution >= 0.6 is 15.9 Å². The molecule has 1 aliphatic carbocycles. The van der Waals surface area contributed by atoms with Crippen LogP contribution in [0.5, 0.6) is 0 Å². The van der Waals surface area contributed by atoms with Crippen LogP contribution in [0.2, 0.25) is 0 Å². The summed E-state index contributed by atoms with van der Waals surface area (Å²) >= 11 is 3.49. The fourth-order valence-electron chi connectivity index (χ4n) is 3.96. The smallest absolute Gasteiger partial charge is 0.326 e. The standard InChI is InChI=1S/C17H20BrNO3/c18-14-7-2-1-4-11(14)8-9-15(20)19-10-12-5-3-6-13(12)16(19)17(21)22/h1-2,4,7,12-13,16H,3,5-6,8-10H2,(H,21,22). The maximum atomic E-state index is 12.5. The van der Waals surface area contributed by atoms with Gasteiger partial charge in [0.2, 0.25) is 5.91 Å². The highest BCUT2D eigenvalue weighted by Gasteiger charge is 2.49. The lowest BCUT2D eigenvalue weighted by molar-refractivity contribution is -0.149. The number of hydrogen-bond donors (Lipinski definition) is 1. The van der Waals surface area contributed by atoms with Gasteiger partial charge in [-0.25, -0.2) is 4.79 Å². The van der Waals surface area contributed by atoms with Gasteiger partial charge in [-0.3, -0.25) is 4.79 Å². The minimum Gasteiger partial charge on any atom is -0.480 e. The van der Waals surface area contributed by atoms with Crippen molar-refractivity contribution < 1.29 is 14.7 Å². The third-order valence-corrected chi connectivity index (χ3v) is 5.80. The third-order valence-electron chi connectivity index (χ3n) is 5.03. The molecule has 1 saturated carbocycles. The van der Waals surface area contributed by atoms with E-state index in [2.05, 4.69) is 15.9 Å². The van der Waals surface area contributed by atoms with Gasteiger partial charge in [-0.05, 0) is 42.7 Å². The summed E-state index contributed by atoms with van der Waals surface area (Å²) in [5.74, 6) is -0.334. The molecule has 22 heavy (non-hydrogen) atoms. The van der Waals surface area contributed by atoms with Gasteiger partial charge < -0.3 is 10.0 Å². The molecule has 5 heteroatoms. The summed E-state index contributed by atoms with van der Waals surface area (Å²) in [7, 11) is 0. The van der Waals surface area contributed by atoms with Gasteiger partial charge >= 0.3 is 5.97 Å². The Morgan fingerprint density at radius 1 is 1.27 bits per heavy atom. The summed E-state index contributed by atoms with van der Waals surface area (Å²) in [6.07, 6.45) is 4.10. The van der Waals surface area contributed by atoms with Gasteiger partial charge in [-0.15, -0.1) is 0 Å². The predicted molar refractivity (Wildman–Crippen MR) is 86.4 cm³/mol. The lowest BCUT2D eigenvalue weighted by atomic mass is 9.94. The van der Waals surface area contributed by atoms with E-state index in [9.17, 15) is 14.7 Å². The number of likely N-dealkylation sites (tertiary alicyclic amines) is 1. The van der Waals surface area contributed by atoms with Crippen molar-refractivity contribution in [2.24, 2.45) is 11.8 Å². The van der Waals surface area contributed by atoms with Gasteiger partial charge in [0.15, 0.2) is 0 Å². The number of carboxylic acids is 1. The number of carbonyl (C=O) groups is 2. The Hall–Kier alpha value is -1.36. The summed E-state index contributed by atoms with van der Waals surface area (Å²) in [5, 5.41) is 9.51. The van der Waals surface area contributed by atoms with Crippen molar-refractivity contribution in [3.8, 4) is 0 Å². The van der Waals surface area contributed by atoms with Gasteiger partial charge in [0.05, 0.1) is 0 Å². The Labute approximate surface area is 138 Å². The van der Waals surface area contributed by atoms with E-state index in [1.54, 1.807) is 4.90 Å². The molecule has 118 valence electrons. The number of benzene rings is 1. The third kappa shape index (κ3) is 2.91. The lowest BCUT2D eigenvalue weighted by Crippen LogP contribution is -2.43. The van der Waals surface area contributed by atoms with Crippen LogP contribution in [0.4, 0.5) is 0 Å². The largest absolute Gasteiger partial charge is 0.480 e. The summed E-state index contributed by atoms with van der Waals surface area (Å²) in [6, 6.07) is 7.23. The lowest BCUT2D eigenvalue weighted by Gasteiger charge is -2.24. The number of fused-ring (bicyclic) bond motifs is 1. The topological polar surface area (TPSA) is 57.6 Å². The van der Waals surface area contributed by atoms with Crippen molar-refractivity contribution in [1.82, 2.24) is 4.90 Å². The zero-order valence-corrected chi connectivity index (χ0v) is 14.0. The Balaban J connectivity index is 1.67. The van der Waals surface area contributed by atoms with Crippen LogP contribution in [-0.2, 0) is 16.0 Å². The van der Waals surface area contributed by atoms with Crippen LogP contribution in [-0.4, -0.2) is 34.5 Å². The molecule has 1 aromatic rings. The molecule has 2 fully saturated rings. The molecular formula is C17H20BrNO3. The molecule has 1 heterocycles. The molecule has 1 saturated heterocycles. The fraction of sp³-hybridized carbons (Fsp3) is 0.529. The number of nitrogens with zero attached hydrogens (tertiary/aromatic N) is 1. The van der Waals surface area contributed by atoms with Crippen molar-refractivity contribution in [3.05, 3.63) is 34.3 Å². The number of hydrogen-bond acceptors (Lipinski definition) is 2. The van der Waals surface area contributed by atoms with Crippen LogP contribution in [0, 0.1) is 11.8 Å². The summed E-state index contributed by atoms with van der Waals surface area (Å²) in [5.41, 5.74) is 1.09. The highest BCUT2D eigenvalue weighted by Crippen LogP contribution is 2.42. The Bertz CT molecular complexity index is 589. The maximum Gasteiger partial charge on any atom is 0.326 e. The van der Waals surface area contributed by atoms with Crippen LogP contribution in [0.15, 0.2) is 28.7 Å². The van der Waals surface area contributed by atoms with E-state index in [1.807, 2.05) is 24.3 Å². The average Bonchev–Trinajstić information content (AvgIpc) is 3.05. The van der Waals surface area contributed by atoms with E-state index in [-0.39, 0.29) is 11.8 Å². The first-order valence-electron chi connectivity index (χ1n) is 7.83. The van der Waals surface area contributed by atoms with Gasteiger partial charge in [0, 0.05) is 17.4 Å². The van der Waals surface area contributed by atoms with Crippen molar-refractivity contribution >= 4 is 27.8 Å². The number of halogens is 1. The zero-order chi connectivity index (χ0) is 15.7.